The van der Waals surface area contributed by atoms with E-state index in [1.165, 1.54) is 12.1 Å². The van der Waals surface area contributed by atoms with Crippen molar-refractivity contribution in [1.82, 2.24) is 15.3 Å². The molecule has 4 nitrogen and oxygen atoms in total. The van der Waals surface area contributed by atoms with Gasteiger partial charge in [0.25, 0.3) is 0 Å². The number of hydrogen-bond donors (Lipinski definition) is 1. The van der Waals surface area contributed by atoms with E-state index in [1.54, 1.807) is 25.4 Å². The minimum atomic E-state index is -0.279. The lowest BCUT2D eigenvalue weighted by Gasteiger charge is -2.08. The second-order valence-corrected chi connectivity index (χ2v) is 4.53. The summed E-state index contributed by atoms with van der Waals surface area (Å²) in [6.45, 7) is 5.54. The molecule has 1 heterocycles. The smallest absolute Gasteiger partial charge is 0.237 e. The third-order valence-electron chi connectivity index (χ3n) is 2.77. The quantitative estimate of drug-likeness (QED) is 0.822. The Labute approximate surface area is 118 Å². The molecular weight excluding hydrogens is 257 g/mol. The highest BCUT2D eigenvalue weighted by Gasteiger charge is 2.04. The lowest BCUT2D eigenvalue weighted by Crippen LogP contribution is -2.14. The third-order valence-corrected chi connectivity index (χ3v) is 2.77. The summed E-state index contributed by atoms with van der Waals surface area (Å²) in [5.41, 5.74) is 1.59. The monoisotopic (exact) mass is 275 g/mol. The van der Waals surface area contributed by atoms with Crippen LogP contribution >= 0.6 is 0 Å². The van der Waals surface area contributed by atoms with Crippen molar-refractivity contribution >= 4 is 0 Å². The largest absolute Gasteiger partial charge is 0.437 e. The lowest BCUT2D eigenvalue weighted by molar-refractivity contribution is 0.453. The molecule has 20 heavy (non-hydrogen) atoms. The first-order valence-electron chi connectivity index (χ1n) is 6.64. The third kappa shape index (κ3) is 3.99. The van der Waals surface area contributed by atoms with Gasteiger partial charge in [-0.25, -0.2) is 9.37 Å². The molecule has 0 saturated heterocycles. The van der Waals surface area contributed by atoms with E-state index >= 15 is 0 Å². The summed E-state index contributed by atoms with van der Waals surface area (Å²) < 4.78 is 18.6. The number of ether oxygens (including phenoxy) is 1. The first kappa shape index (κ1) is 14.4. The standard InChI is InChI=1S/C15H18FN3O/c1-3-6-17-8-13-9-19-15(10-18-13)20-14-5-4-12(16)7-11(14)2/h4-5,7,9-10,17H,3,6,8H2,1-2H3. The zero-order valence-corrected chi connectivity index (χ0v) is 11.7. The molecule has 0 spiro atoms. The van der Waals surface area contributed by atoms with E-state index in [2.05, 4.69) is 22.2 Å². The number of benzene rings is 1. The maximum atomic E-state index is 13.0. The zero-order valence-electron chi connectivity index (χ0n) is 11.7. The fraction of sp³-hybridized carbons (Fsp3) is 0.333. The predicted molar refractivity (Wildman–Crippen MR) is 75.2 cm³/mol. The molecule has 1 N–H and O–H groups in total. The Balaban J connectivity index is 1.99. The van der Waals surface area contributed by atoms with Gasteiger partial charge < -0.3 is 10.1 Å². The first-order chi connectivity index (χ1) is 9.69. The van der Waals surface area contributed by atoms with Gasteiger partial charge in [-0.3, -0.25) is 4.98 Å². The van der Waals surface area contributed by atoms with Crippen molar-refractivity contribution in [2.45, 2.75) is 26.8 Å². The van der Waals surface area contributed by atoms with E-state index < -0.39 is 0 Å². The van der Waals surface area contributed by atoms with Crippen LogP contribution in [0.4, 0.5) is 4.39 Å². The fourth-order valence-electron chi connectivity index (χ4n) is 1.72. The maximum Gasteiger partial charge on any atom is 0.237 e. The number of rotatable bonds is 6. The van der Waals surface area contributed by atoms with Gasteiger partial charge in [0, 0.05) is 6.54 Å². The summed E-state index contributed by atoms with van der Waals surface area (Å²) in [5, 5.41) is 3.25. The molecule has 5 heteroatoms. The Bertz CT molecular complexity index is 558. The number of aryl methyl sites for hydroxylation is 1. The van der Waals surface area contributed by atoms with Crippen LogP contribution < -0.4 is 10.1 Å². The molecule has 2 rings (SSSR count). The molecule has 0 aliphatic heterocycles. The Kier molecular flexibility index (Phi) is 5.01. The number of nitrogens with zero attached hydrogens (tertiary/aromatic N) is 2. The highest BCUT2D eigenvalue weighted by Crippen LogP contribution is 2.23. The highest BCUT2D eigenvalue weighted by atomic mass is 19.1. The summed E-state index contributed by atoms with van der Waals surface area (Å²) >= 11 is 0. The molecule has 0 atom stereocenters. The van der Waals surface area contributed by atoms with E-state index in [1.807, 2.05) is 0 Å². The highest BCUT2D eigenvalue weighted by molar-refractivity contribution is 5.35. The van der Waals surface area contributed by atoms with Crippen LogP contribution in [0.1, 0.15) is 24.6 Å². The van der Waals surface area contributed by atoms with Gasteiger partial charge in [-0.15, -0.1) is 0 Å². The van der Waals surface area contributed by atoms with Crippen LogP contribution in [0.2, 0.25) is 0 Å². The lowest BCUT2D eigenvalue weighted by atomic mass is 10.2. The number of nitrogens with one attached hydrogen (secondary N) is 1. The van der Waals surface area contributed by atoms with Crippen LogP contribution in [0.15, 0.2) is 30.6 Å². The number of aromatic nitrogens is 2. The van der Waals surface area contributed by atoms with Crippen molar-refractivity contribution < 1.29 is 9.13 Å². The normalized spacial score (nSPS) is 10.6. The van der Waals surface area contributed by atoms with Crippen LogP contribution in [0.3, 0.4) is 0 Å². The van der Waals surface area contributed by atoms with Gasteiger partial charge in [-0.2, -0.15) is 0 Å². The van der Waals surface area contributed by atoms with Crippen LogP contribution in [0.25, 0.3) is 0 Å². The van der Waals surface area contributed by atoms with Gasteiger partial charge in [0.05, 0.1) is 18.1 Å². The molecule has 0 amide bonds. The van der Waals surface area contributed by atoms with E-state index in [0.29, 0.717) is 18.2 Å². The van der Waals surface area contributed by atoms with Crippen LogP contribution in [0.5, 0.6) is 11.6 Å². The van der Waals surface area contributed by atoms with Gasteiger partial charge in [-0.1, -0.05) is 6.92 Å². The summed E-state index contributed by atoms with van der Waals surface area (Å²) in [6.07, 6.45) is 4.33. The second kappa shape index (κ2) is 6.96. The minimum absolute atomic E-state index is 0.279. The summed E-state index contributed by atoms with van der Waals surface area (Å²) in [4.78, 5) is 8.47. The van der Waals surface area contributed by atoms with Crippen LogP contribution in [0, 0.1) is 12.7 Å². The molecule has 0 saturated carbocycles. The SMILES string of the molecule is CCCNCc1cnc(Oc2ccc(F)cc2C)cn1. The van der Waals surface area contributed by atoms with E-state index in [0.717, 1.165) is 24.2 Å². The Hall–Kier alpha value is -2.01. The second-order valence-electron chi connectivity index (χ2n) is 4.53. The summed E-state index contributed by atoms with van der Waals surface area (Å²) in [7, 11) is 0. The minimum Gasteiger partial charge on any atom is -0.437 e. The molecule has 0 radical (unpaired) electrons. The van der Waals surface area contributed by atoms with Crippen molar-refractivity contribution in [3.63, 3.8) is 0 Å². The van der Waals surface area contributed by atoms with Crippen molar-refractivity contribution in [3.05, 3.63) is 47.7 Å². The molecule has 0 unspecified atom stereocenters. The average Bonchev–Trinajstić information content (AvgIpc) is 2.44. The first-order valence-corrected chi connectivity index (χ1v) is 6.64. The van der Waals surface area contributed by atoms with Crippen molar-refractivity contribution in [3.8, 4) is 11.6 Å². The average molecular weight is 275 g/mol. The van der Waals surface area contributed by atoms with Crippen molar-refractivity contribution in [1.29, 1.82) is 0 Å². The molecule has 1 aromatic carbocycles. The molecule has 1 aromatic heterocycles. The van der Waals surface area contributed by atoms with Gasteiger partial charge >= 0.3 is 0 Å². The van der Waals surface area contributed by atoms with E-state index in [9.17, 15) is 4.39 Å². The van der Waals surface area contributed by atoms with Gasteiger partial charge in [0.2, 0.25) is 5.88 Å². The Morgan fingerprint density at radius 3 is 2.75 bits per heavy atom. The molecular formula is C15H18FN3O. The summed E-state index contributed by atoms with van der Waals surface area (Å²) in [5.74, 6) is 0.704. The fourth-order valence-corrected chi connectivity index (χ4v) is 1.72. The molecule has 0 bridgehead atoms. The van der Waals surface area contributed by atoms with Crippen LogP contribution in [-0.2, 0) is 6.54 Å². The predicted octanol–water partition coefficient (Wildman–Crippen LogP) is 3.22. The van der Waals surface area contributed by atoms with Crippen molar-refractivity contribution in [2.24, 2.45) is 0 Å². The maximum absolute atomic E-state index is 13.0. The van der Waals surface area contributed by atoms with Crippen LogP contribution in [-0.4, -0.2) is 16.5 Å². The van der Waals surface area contributed by atoms with Crippen molar-refractivity contribution in [2.75, 3.05) is 6.54 Å². The van der Waals surface area contributed by atoms with E-state index in [4.69, 9.17) is 4.74 Å². The number of halogens is 1. The summed E-state index contributed by atoms with van der Waals surface area (Å²) in [6, 6.07) is 4.37. The molecule has 0 fully saturated rings. The zero-order chi connectivity index (χ0) is 14.4. The molecule has 2 aromatic rings. The van der Waals surface area contributed by atoms with Gasteiger partial charge in [0.1, 0.15) is 11.6 Å². The Morgan fingerprint density at radius 2 is 2.10 bits per heavy atom. The van der Waals surface area contributed by atoms with Gasteiger partial charge in [-0.05, 0) is 43.7 Å². The van der Waals surface area contributed by atoms with E-state index in [-0.39, 0.29) is 5.82 Å². The topological polar surface area (TPSA) is 47.0 Å². The van der Waals surface area contributed by atoms with Gasteiger partial charge in [0.15, 0.2) is 0 Å². The molecule has 0 aliphatic carbocycles. The number of hydrogen-bond acceptors (Lipinski definition) is 4. The molecule has 0 aliphatic rings. The Morgan fingerprint density at radius 1 is 1.25 bits per heavy atom. The molecule has 106 valence electrons.